The first-order chi connectivity index (χ1) is 15.1. The predicted molar refractivity (Wildman–Crippen MR) is 118 cm³/mol. The Hall–Kier alpha value is -2.92. The molecule has 0 radical (unpaired) electrons. The van der Waals surface area contributed by atoms with Gasteiger partial charge < -0.3 is 20.3 Å². The first kappa shape index (κ1) is 23.7. The molecule has 0 atom stereocenters. The number of halogens is 2. The van der Waals surface area contributed by atoms with Gasteiger partial charge in [0.1, 0.15) is 18.2 Å². The van der Waals surface area contributed by atoms with E-state index < -0.39 is 11.7 Å². The molecule has 1 fully saturated rings. The molecule has 174 valence electrons. The number of aromatic nitrogens is 3. The lowest BCUT2D eigenvalue weighted by molar-refractivity contribution is -0.114. The van der Waals surface area contributed by atoms with E-state index >= 15 is 0 Å². The smallest absolute Gasteiger partial charge is 0.303 e. The third-order valence-corrected chi connectivity index (χ3v) is 4.94. The minimum Gasteiger partial charge on any atom is -0.488 e. The average molecular weight is 450 g/mol. The van der Waals surface area contributed by atoms with Gasteiger partial charge in [0.2, 0.25) is 11.7 Å². The van der Waals surface area contributed by atoms with Crippen molar-refractivity contribution in [3.63, 3.8) is 0 Å². The Morgan fingerprint density at radius 3 is 2.56 bits per heavy atom. The maximum absolute atomic E-state index is 13.8. The molecule has 0 aromatic carbocycles. The maximum Gasteiger partial charge on any atom is 0.303 e. The van der Waals surface area contributed by atoms with Crippen molar-refractivity contribution in [1.82, 2.24) is 24.8 Å². The summed E-state index contributed by atoms with van der Waals surface area (Å²) >= 11 is 0. The standard InChI is InChI=1S/C21H29F2N7O2/c1-14-11-19(28-20(25-14)21(3,22)23)27-16-12-18(26-15(2)31)24-13-17(16)32-10-9-30-7-5-29(4)6-8-30/h11-13H,5-10H2,1-4H3,(H2,24,25,26,27,28,31). The summed E-state index contributed by atoms with van der Waals surface area (Å²) in [5.74, 6) is -3.11. The number of piperazine rings is 1. The van der Waals surface area contributed by atoms with Gasteiger partial charge >= 0.3 is 5.92 Å². The Morgan fingerprint density at radius 2 is 1.91 bits per heavy atom. The van der Waals surface area contributed by atoms with Crippen molar-refractivity contribution in [3.05, 3.63) is 29.8 Å². The third-order valence-electron chi connectivity index (χ3n) is 4.94. The number of ether oxygens (including phenoxy) is 1. The number of nitrogens with one attached hydrogen (secondary N) is 2. The van der Waals surface area contributed by atoms with Crippen molar-refractivity contribution in [2.75, 3.05) is 57.0 Å². The second kappa shape index (κ2) is 10.1. The molecule has 3 heterocycles. The van der Waals surface area contributed by atoms with Crippen molar-refractivity contribution in [2.45, 2.75) is 26.7 Å². The van der Waals surface area contributed by atoms with E-state index in [1.54, 1.807) is 19.1 Å². The fourth-order valence-corrected chi connectivity index (χ4v) is 3.23. The first-order valence-electron chi connectivity index (χ1n) is 10.4. The van der Waals surface area contributed by atoms with Gasteiger partial charge in [-0.2, -0.15) is 8.78 Å². The quantitative estimate of drug-likeness (QED) is 0.635. The summed E-state index contributed by atoms with van der Waals surface area (Å²) in [6, 6.07) is 3.13. The van der Waals surface area contributed by atoms with Crippen LogP contribution in [0, 0.1) is 6.92 Å². The van der Waals surface area contributed by atoms with Crippen LogP contribution in [0.3, 0.4) is 0 Å². The van der Waals surface area contributed by atoms with Gasteiger partial charge in [-0.25, -0.2) is 15.0 Å². The summed E-state index contributed by atoms with van der Waals surface area (Å²) in [7, 11) is 2.10. The van der Waals surface area contributed by atoms with Crippen molar-refractivity contribution < 1.29 is 18.3 Å². The minimum absolute atomic E-state index is 0.193. The van der Waals surface area contributed by atoms with Crippen LogP contribution in [0.25, 0.3) is 0 Å². The van der Waals surface area contributed by atoms with Crippen LogP contribution < -0.4 is 15.4 Å². The zero-order valence-corrected chi connectivity index (χ0v) is 18.8. The number of nitrogens with zero attached hydrogens (tertiary/aromatic N) is 5. The Morgan fingerprint density at radius 1 is 1.19 bits per heavy atom. The molecule has 11 heteroatoms. The number of rotatable bonds is 8. The van der Waals surface area contributed by atoms with Gasteiger partial charge in [0, 0.05) is 64.4 Å². The van der Waals surface area contributed by atoms with Crippen LogP contribution in [0.2, 0.25) is 0 Å². The van der Waals surface area contributed by atoms with E-state index in [0.717, 1.165) is 39.6 Å². The van der Waals surface area contributed by atoms with Gasteiger partial charge in [0.15, 0.2) is 5.75 Å². The SMILES string of the molecule is CC(=O)Nc1cc(Nc2cc(C)nc(C(C)(F)F)n2)c(OCCN2CCN(C)CC2)cn1. The Labute approximate surface area is 186 Å². The van der Waals surface area contributed by atoms with Crippen molar-refractivity contribution in [2.24, 2.45) is 0 Å². The zero-order chi connectivity index (χ0) is 23.3. The molecule has 0 unspecified atom stereocenters. The number of hydrogen-bond donors (Lipinski definition) is 2. The largest absolute Gasteiger partial charge is 0.488 e. The maximum atomic E-state index is 13.8. The highest BCUT2D eigenvalue weighted by Gasteiger charge is 2.29. The van der Waals surface area contributed by atoms with Gasteiger partial charge in [-0.3, -0.25) is 9.69 Å². The normalized spacial score (nSPS) is 15.4. The molecule has 2 aromatic rings. The number of hydrogen-bond acceptors (Lipinski definition) is 8. The molecular formula is C21H29F2N7O2. The van der Waals surface area contributed by atoms with E-state index in [1.165, 1.54) is 13.1 Å². The molecule has 0 bridgehead atoms. The van der Waals surface area contributed by atoms with Crippen LogP contribution in [-0.2, 0) is 10.7 Å². The molecule has 0 aliphatic carbocycles. The van der Waals surface area contributed by atoms with Crippen molar-refractivity contribution in [3.8, 4) is 5.75 Å². The van der Waals surface area contributed by atoms with E-state index in [1.807, 2.05) is 0 Å². The average Bonchev–Trinajstić information content (AvgIpc) is 2.69. The van der Waals surface area contributed by atoms with Crippen molar-refractivity contribution in [1.29, 1.82) is 0 Å². The molecule has 2 aromatic heterocycles. The summed E-state index contributed by atoms with van der Waals surface area (Å²) < 4.78 is 33.5. The molecule has 2 N–H and O–H groups in total. The third kappa shape index (κ3) is 6.79. The fraction of sp³-hybridized carbons (Fsp3) is 0.524. The van der Waals surface area contributed by atoms with E-state index in [9.17, 15) is 13.6 Å². The summed E-state index contributed by atoms with van der Waals surface area (Å²) in [4.78, 5) is 28.0. The van der Waals surface area contributed by atoms with Crippen molar-refractivity contribution >= 4 is 23.2 Å². The van der Waals surface area contributed by atoms with Gasteiger partial charge in [0.25, 0.3) is 0 Å². The molecule has 1 aliphatic rings. The Bertz CT molecular complexity index is 944. The number of anilines is 3. The molecular weight excluding hydrogens is 420 g/mol. The van der Waals surface area contributed by atoms with E-state index in [0.29, 0.717) is 29.6 Å². The van der Waals surface area contributed by atoms with Gasteiger partial charge in [-0.05, 0) is 14.0 Å². The number of amides is 1. The van der Waals surface area contributed by atoms with Crippen LogP contribution >= 0.6 is 0 Å². The summed E-state index contributed by atoms with van der Waals surface area (Å²) in [5.41, 5.74) is 0.846. The molecule has 3 rings (SSSR count). The zero-order valence-electron chi connectivity index (χ0n) is 18.8. The molecule has 0 saturated carbocycles. The second-order valence-electron chi connectivity index (χ2n) is 7.97. The Balaban J connectivity index is 1.78. The monoisotopic (exact) mass is 449 g/mol. The second-order valence-corrected chi connectivity index (χ2v) is 7.97. The summed E-state index contributed by atoms with van der Waals surface area (Å²) in [6.45, 7) is 8.88. The number of carbonyl (C=O) groups excluding carboxylic acids is 1. The molecule has 1 saturated heterocycles. The number of aryl methyl sites for hydroxylation is 1. The highest BCUT2D eigenvalue weighted by molar-refractivity contribution is 5.88. The van der Waals surface area contributed by atoms with Crippen LogP contribution in [-0.4, -0.2) is 77.0 Å². The highest BCUT2D eigenvalue weighted by Crippen LogP contribution is 2.31. The molecule has 1 aliphatic heterocycles. The minimum atomic E-state index is -3.18. The number of alkyl halides is 2. The Kier molecular flexibility index (Phi) is 7.52. The predicted octanol–water partition coefficient (Wildman–Crippen LogP) is 2.62. The lowest BCUT2D eigenvalue weighted by Gasteiger charge is -2.32. The van der Waals surface area contributed by atoms with Gasteiger partial charge in [-0.1, -0.05) is 0 Å². The summed E-state index contributed by atoms with van der Waals surface area (Å²) in [5, 5.41) is 5.62. The van der Waals surface area contributed by atoms with Crippen LogP contribution in [0.1, 0.15) is 25.4 Å². The van der Waals surface area contributed by atoms with Crippen LogP contribution in [0.4, 0.5) is 26.1 Å². The lowest BCUT2D eigenvalue weighted by atomic mass is 10.3. The summed E-state index contributed by atoms with van der Waals surface area (Å²) in [6.07, 6.45) is 1.49. The number of likely N-dealkylation sites (N-methyl/N-ethyl adjacent to an activating group) is 1. The van der Waals surface area contributed by atoms with E-state index in [2.05, 4.69) is 42.4 Å². The van der Waals surface area contributed by atoms with Crippen LogP contribution in [0.15, 0.2) is 18.3 Å². The fourth-order valence-electron chi connectivity index (χ4n) is 3.23. The highest BCUT2D eigenvalue weighted by atomic mass is 19.3. The first-order valence-corrected chi connectivity index (χ1v) is 10.4. The van der Waals surface area contributed by atoms with Gasteiger partial charge in [0.05, 0.1) is 11.9 Å². The number of carbonyl (C=O) groups is 1. The molecule has 1 amide bonds. The van der Waals surface area contributed by atoms with E-state index in [-0.39, 0.29) is 11.7 Å². The van der Waals surface area contributed by atoms with Crippen LogP contribution in [0.5, 0.6) is 5.75 Å². The number of pyridine rings is 1. The molecule has 9 nitrogen and oxygen atoms in total. The molecule has 0 spiro atoms. The van der Waals surface area contributed by atoms with Gasteiger partial charge in [-0.15, -0.1) is 0 Å². The van der Waals surface area contributed by atoms with E-state index in [4.69, 9.17) is 4.74 Å². The topological polar surface area (TPSA) is 95.5 Å². The lowest BCUT2D eigenvalue weighted by Crippen LogP contribution is -2.45. The molecule has 32 heavy (non-hydrogen) atoms.